The molecule has 1 aromatic heterocycles. The van der Waals surface area contributed by atoms with Crippen LogP contribution in [0.1, 0.15) is 22.5 Å². The van der Waals surface area contributed by atoms with Crippen molar-refractivity contribution in [3.05, 3.63) is 119 Å². The fourth-order valence-corrected chi connectivity index (χ4v) is 5.72. The van der Waals surface area contributed by atoms with Crippen LogP contribution < -0.4 is 5.43 Å². The van der Waals surface area contributed by atoms with Crippen LogP contribution in [0.5, 0.6) is 0 Å². The maximum absolute atomic E-state index is 13.4. The van der Waals surface area contributed by atoms with Crippen LogP contribution in [-0.4, -0.2) is 42.5 Å². The molecule has 0 bridgehead atoms. The number of rotatable bonds is 10. The van der Waals surface area contributed by atoms with E-state index in [4.69, 9.17) is 11.6 Å². The number of aryl methyl sites for hydroxylation is 1. The molecule has 7 nitrogen and oxygen atoms in total. The van der Waals surface area contributed by atoms with Crippen molar-refractivity contribution in [1.29, 1.82) is 0 Å². The zero-order valence-corrected chi connectivity index (χ0v) is 22.8. The van der Waals surface area contributed by atoms with E-state index >= 15 is 0 Å². The van der Waals surface area contributed by atoms with Gasteiger partial charge in [-0.1, -0.05) is 60.1 Å². The maximum atomic E-state index is 13.4. The van der Waals surface area contributed by atoms with Crippen LogP contribution in [-0.2, 0) is 21.2 Å². The highest BCUT2D eigenvalue weighted by molar-refractivity contribution is 7.89. The average molecular weight is 549 g/mol. The van der Waals surface area contributed by atoms with Crippen LogP contribution in [0.3, 0.4) is 0 Å². The summed E-state index contributed by atoms with van der Waals surface area (Å²) in [4.78, 5) is 12.9. The number of hydrogen-bond donors (Lipinski definition) is 1. The van der Waals surface area contributed by atoms with Gasteiger partial charge in [0.25, 0.3) is 5.91 Å². The van der Waals surface area contributed by atoms with E-state index in [9.17, 15) is 13.2 Å². The number of nitrogens with one attached hydrogen (secondary N) is 1. The summed E-state index contributed by atoms with van der Waals surface area (Å²) < 4.78 is 30.0. The van der Waals surface area contributed by atoms with Gasteiger partial charge in [0.2, 0.25) is 10.0 Å². The molecular weight excluding hydrogens is 520 g/mol. The van der Waals surface area contributed by atoms with Crippen LogP contribution >= 0.6 is 11.6 Å². The first kappa shape index (κ1) is 27.3. The third kappa shape index (κ3) is 6.58. The number of amides is 1. The Morgan fingerprint density at radius 1 is 0.974 bits per heavy atom. The Morgan fingerprint density at radius 3 is 2.26 bits per heavy atom. The Labute approximate surface area is 228 Å². The smallest absolute Gasteiger partial charge is 0.255 e. The van der Waals surface area contributed by atoms with E-state index in [1.165, 1.54) is 24.3 Å². The van der Waals surface area contributed by atoms with Gasteiger partial charge in [0.1, 0.15) is 0 Å². The van der Waals surface area contributed by atoms with E-state index in [-0.39, 0.29) is 18.0 Å². The number of carbonyl (C=O) groups excluding carboxylic acids is 1. The predicted octanol–water partition coefficient (Wildman–Crippen LogP) is 5.13. The van der Waals surface area contributed by atoms with Gasteiger partial charge in [-0.05, 0) is 68.3 Å². The zero-order valence-electron chi connectivity index (χ0n) is 21.2. The minimum absolute atomic E-state index is 0.0691. The molecule has 0 radical (unpaired) electrons. The lowest BCUT2D eigenvalue weighted by Gasteiger charge is -2.21. The second-order valence-electron chi connectivity index (χ2n) is 8.82. The quantitative estimate of drug-likeness (QED) is 0.220. The van der Waals surface area contributed by atoms with Crippen molar-refractivity contribution in [3.63, 3.8) is 0 Å². The first-order valence-corrected chi connectivity index (χ1v) is 13.9. The number of carbonyl (C=O) groups is 1. The van der Waals surface area contributed by atoms with Gasteiger partial charge < -0.3 is 4.57 Å². The molecule has 4 aromatic rings. The Balaban J connectivity index is 1.48. The molecule has 1 heterocycles. The molecule has 196 valence electrons. The monoisotopic (exact) mass is 548 g/mol. The van der Waals surface area contributed by atoms with E-state index < -0.39 is 15.9 Å². The van der Waals surface area contributed by atoms with Crippen molar-refractivity contribution in [1.82, 2.24) is 14.3 Å². The maximum Gasteiger partial charge on any atom is 0.255 e. The minimum atomic E-state index is -3.94. The second kappa shape index (κ2) is 12.2. The average Bonchev–Trinajstić information content (AvgIpc) is 3.20. The molecular formula is C29H29ClN4O3S. The lowest BCUT2D eigenvalue weighted by Crippen LogP contribution is -2.40. The SMILES string of the molecule is Cc1cc(C=NNC(=O)CN(CCc2ccccc2)S(=O)(=O)c2ccc(Cl)cc2)c(C)n1-c1ccccc1. The number of nitrogens with zero attached hydrogens (tertiary/aromatic N) is 3. The van der Waals surface area contributed by atoms with E-state index in [0.29, 0.717) is 11.4 Å². The van der Waals surface area contributed by atoms with Crippen LogP contribution in [0.4, 0.5) is 0 Å². The fourth-order valence-electron chi connectivity index (χ4n) is 4.20. The number of hydrazone groups is 1. The Hall–Kier alpha value is -3.72. The summed E-state index contributed by atoms with van der Waals surface area (Å²) in [5.41, 5.74) is 7.34. The van der Waals surface area contributed by atoms with Crippen LogP contribution in [0, 0.1) is 13.8 Å². The van der Waals surface area contributed by atoms with Gasteiger partial charge in [-0.15, -0.1) is 0 Å². The van der Waals surface area contributed by atoms with Gasteiger partial charge in [-0.2, -0.15) is 9.41 Å². The number of benzene rings is 3. The largest absolute Gasteiger partial charge is 0.318 e. The minimum Gasteiger partial charge on any atom is -0.318 e. The fraction of sp³-hybridized carbons (Fsp3) is 0.172. The molecule has 0 saturated carbocycles. The molecule has 0 aliphatic rings. The number of sulfonamides is 1. The molecule has 0 aliphatic heterocycles. The lowest BCUT2D eigenvalue weighted by atomic mass is 10.1. The van der Waals surface area contributed by atoms with Crippen molar-refractivity contribution < 1.29 is 13.2 Å². The molecule has 1 N–H and O–H groups in total. The van der Waals surface area contributed by atoms with Crippen molar-refractivity contribution in [2.45, 2.75) is 25.2 Å². The molecule has 9 heteroatoms. The molecule has 0 fully saturated rings. The highest BCUT2D eigenvalue weighted by Crippen LogP contribution is 2.20. The standard InChI is InChI=1S/C29H29ClN4O3S/c1-22-19-25(23(2)34(22)27-11-7-4-8-12-27)20-31-32-29(35)21-33(18-17-24-9-5-3-6-10-24)38(36,37)28-15-13-26(30)14-16-28/h3-16,19-20H,17-18,21H2,1-2H3,(H,32,35). The summed E-state index contributed by atoms with van der Waals surface area (Å²) in [7, 11) is -3.94. The van der Waals surface area contributed by atoms with Gasteiger partial charge in [0, 0.05) is 34.2 Å². The van der Waals surface area contributed by atoms with Gasteiger partial charge >= 0.3 is 0 Å². The summed E-state index contributed by atoms with van der Waals surface area (Å²) >= 11 is 5.94. The molecule has 3 aromatic carbocycles. The van der Waals surface area contributed by atoms with E-state index in [2.05, 4.69) is 15.1 Å². The molecule has 0 atom stereocenters. The number of para-hydroxylation sites is 1. The van der Waals surface area contributed by atoms with Gasteiger partial charge in [-0.3, -0.25) is 4.79 Å². The van der Waals surface area contributed by atoms with Crippen molar-refractivity contribution in [2.24, 2.45) is 5.10 Å². The molecule has 0 saturated heterocycles. The number of halogens is 1. The topological polar surface area (TPSA) is 83.8 Å². The molecule has 4 rings (SSSR count). The normalized spacial score (nSPS) is 11.8. The zero-order chi connectivity index (χ0) is 27.1. The third-order valence-corrected chi connectivity index (χ3v) is 8.25. The highest BCUT2D eigenvalue weighted by atomic mass is 35.5. The predicted molar refractivity (Wildman–Crippen MR) is 151 cm³/mol. The molecule has 0 aliphatic carbocycles. The Morgan fingerprint density at radius 2 is 1.61 bits per heavy atom. The van der Waals surface area contributed by atoms with Gasteiger partial charge in [0.05, 0.1) is 17.7 Å². The van der Waals surface area contributed by atoms with Crippen molar-refractivity contribution >= 4 is 33.7 Å². The van der Waals surface area contributed by atoms with Crippen LogP contribution in [0.2, 0.25) is 5.02 Å². The van der Waals surface area contributed by atoms with Gasteiger partial charge in [-0.25, -0.2) is 13.8 Å². The van der Waals surface area contributed by atoms with Crippen molar-refractivity contribution in [2.75, 3.05) is 13.1 Å². The van der Waals surface area contributed by atoms with Crippen LogP contribution in [0.15, 0.2) is 101 Å². The van der Waals surface area contributed by atoms with Gasteiger partial charge in [0.15, 0.2) is 0 Å². The Bertz CT molecular complexity index is 1520. The number of aromatic nitrogens is 1. The van der Waals surface area contributed by atoms with E-state index in [1.54, 1.807) is 6.21 Å². The van der Waals surface area contributed by atoms with Crippen molar-refractivity contribution in [3.8, 4) is 5.69 Å². The lowest BCUT2D eigenvalue weighted by molar-refractivity contribution is -0.121. The summed E-state index contributed by atoms with van der Waals surface area (Å²) in [5, 5.41) is 4.54. The number of hydrogen-bond acceptors (Lipinski definition) is 4. The van der Waals surface area contributed by atoms with E-state index in [1.807, 2.05) is 80.6 Å². The first-order valence-electron chi connectivity index (χ1n) is 12.1. The molecule has 38 heavy (non-hydrogen) atoms. The Kier molecular flexibility index (Phi) is 8.78. The highest BCUT2D eigenvalue weighted by Gasteiger charge is 2.26. The molecule has 0 spiro atoms. The third-order valence-electron chi connectivity index (χ3n) is 6.14. The summed E-state index contributed by atoms with van der Waals surface area (Å²) in [6.07, 6.45) is 2.03. The summed E-state index contributed by atoms with van der Waals surface area (Å²) in [5.74, 6) is -0.538. The molecule has 0 unspecified atom stereocenters. The first-order chi connectivity index (χ1) is 18.3. The molecule has 1 amide bonds. The summed E-state index contributed by atoms with van der Waals surface area (Å²) in [6.45, 7) is 3.73. The van der Waals surface area contributed by atoms with E-state index in [0.717, 1.165) is 32.5 Å². The summed E-state index contributed by atoms with van der Waals surface area (Å²) in [6, 6.07) is 27.4. The second-order valence-corrected chi connectivity index (χ2v) is 11.2. The van der Waals surface area contributed by atoms with Crippen LogP contribution in [0.25, 0.3) is 5.69 Å².